The van der Waals surface area contributed by atoms with Gasteiger partial charge in [-0.15, -0.1) is 13.2 Å². The maximum Gasteiger partial charge on any atom is 0.573 e. The van der Waals surface area contributed by atoms with Crippen molar-refractivity contribution in [1.82, 2.24) is 4.90 Å². The van der Waals surface area contributed by atoms with Crippen LogP contribution in [0, 0.1) is 11.8 Å². The van der Waals surface area contributed by atoms with Crippen LogP contribution in [0.4, 0.5) is 13.2 Å². The number of piperidine rings is 1. The Morgan fingerprint density at radius 3 is 2.61 bits per heavy atom. The Morgan fingerprint density at radius 2 is 2.00 bits per heavy atom. The predicted molar refractivity (Wildman–Crippen MR) is 73.9 cm³/mol. The van der Waals surface area contributed by atoms with E-state index in [1.165, 1.54) is 17.0 Å². The van der Waals surface area contributed by atoms with Gasteiger partial charge in [-0.1, -0.05) is 13.0 Å². The smallest absolute Gasteiger partial charge is 0.481 e. The van der Waals surface area contributed by atoms with Gasteiger partial charge in [0.2, 0.25) is 0 Å². The zero-order chi connectivity index (χ0) is 17.2. The molecule has 2 unspecified atom stereocenters. The first-order valence-corrected chi connectivity index (χ1v) is 7.03. The quantitative estimate of drug-likeness (QED) is 0.925. The van der Waals surface area contributed by atoms with Crippen molar-refractivity contribution in [3.63, 3.8) is 0 Å². The predicted octanol–water partition coefficient (Wildman–Crippen LogP) is 2.77. The molecule has 0 radical (unpaired) electrons. The zero-order valence-corrected chi connectivity index (χ0v) is 12.3. The number of amides is 1. The number of halogens is 3. The molecule has 1 heterocycles. The fraction of sp³-hybridized carbons (Fsp3) is 0.467. The highest BCUT2D eigenvalue weighted by atomic mass is 19.4. The van der Waals surface area contributed by atoms with E-state index in [1.54, 1.807) is 0 Å². The standard InChI is InChI=1S/C15H16F3NO4/c1-9-5-11(14(21)22)8-19(7-9)13(20)10-3-2-4-12(6-10)23-15(16,17)18/h2-4,6,9,11H,5,7-8H2,1H3,(H,21,22). The summed E-state index contributed by atoms with van der Waals surface area (Å²) in [6.45, 7) is 2.24. The van der Waals surface area contributed by atoms with E-state index in [2.05, 4.69) is 4.74 Å². The van der Waals surface area contributed by atoms with Crippen LogP contribution in [0.5, 0.6) is 5.75 Å². The van der Waals surface area contributed by atoms with Crippen LogP contribution in [0.25, 0.3) is 0 Å². The van der Waals surface area contributed by atoms with Crippen molar-refractivity contribution in [2.75, 3.05) is 13.1 Å². The van der Waals surface area contributed by atoms with Crippen molar-refractivity contribution in [3.05, 3.63) is 29.8 Å². The summed E-state index contributed by atoms with van der Waals surface area (Å²) < 4.78 is 40.5. The number of likely N-dealkylation sites (tertiary alicyclic amines) is 1. The third-order valence-electron chi connectivity index (χ3n) is 3.61. The van der Waals surface area contributed by atoms with E-state index in [4.69, 9.17) is 5.11 Å². The van der Waals surface area contributed by atoms with E-state index >= 15 is 0 Å². The van der Waals surface area contributed by atoms with Crippen molar-refractivity contribution >= 4 is 11.9 Å². The fourth-order valence-corrected chi connectivity index (χ4v) is 2.71. The van der Waals surface area contributed by atoms with Crippen LogP contribution in [0.1, 0.15) is 23.7 Å². The Labute approximate surface area is 130 Å². The highest BCUT2D eigenvalue weighted by Crippen LogP contribution is 2.26. The molecular weight excluding hydrogens is 315 g/mol. The largest absolute Gasteiger partial charge is 0.573 e. The lowest BCUT2D eigenvalue weighted by Gasteiger charge is -2.34. The maximum atomic E-state index is 12.4. The second-order valence-electron chi connectivity index (χ2n) is 5.66. The Morgan fingerprint density at radius 1 is 1.30 bits per heavy atom. The summed E-state index contributed by atoms with van der Waals surface area (Å²) >= 11 is 0. The first-order chi connectivity index (χ1) is 10.7. The van der Waals surface area contributed by atoms with Gasteiger partial charge in [0, 0.05) is 18.7 Å². The van der Waals surface area contributed by atoms with Gasteiger partial charge in [0.15, 0.2) is 0 Å². The number of carbonyl (C=O) groups excluding carboxylic acids is 1. The molecule has 2 atom stereocenters. The number of ether oxygens (including phenoxy) is 1. The molecule has 0 spiro atoms. The lowest BCUT2D eigenvalue weighted by molar-refractivity contribution is -0.274. The van der Waals surface area contributed by atoms with E-state index in [0.29, 0.717) is 13.0 Å². The molecule has 0 bridgehead atoms. The molecule has 2 rings (SSSR count). The number of hydrogen-bond acceptors (Lipinski definition) is 3. The average molecular weight is 331 g/mol. The zero-order valence-electron chi connectivity index (χ0n) is 12.3. The molecule has 5 nitrogen and oxygen atoms in total. The van der Waals surface area contributed by atoms with Gasteiger partial charge in [-0.3, -0.25) is 9.59 Å². The molecule has 8 heteroatoms. The number of aliphatic carboxylic acids is 1. The molecule has 0 aliphatic carbocycles. The van der Waals surface area contributed by atoms with Crippen molar-refractivity contribution in [3.8, 4) is 5.75 Å². The molecule has 1 aromatic carbocycles. The fourth-order valence-electron chi connectivity index (χ4n) is 2.71. The van der Waals surface area contributed by atoms with Crippen LogP contribution in [0.15, 0.2) is 24.3 Å². The first-order valence-electron chi connectivity index (χ1n) is 7.03. The highest BCUT2D eigenvalue weighted by Gasteiger charge is 2.33. The molecule has 1 amide bonds. The summed E-state index contributed by atoms with van der Waals surface area (Å²) in [7, 11) is 0. The Hall–Kier alpha value is -2.25. The number of benzene rings is 1. The second kappa shape index (κ2) is 6.47. The van der Waals surface area contributed by atoms with Crippen molar-refractivity contribution in [2.45, 2.75) is 19.7 Å². The van der Waals surface area contributed by atoms with Gasteiger partial charge in [0.25, 0.3) is 5.91 Å². The summed E-state index contributed by atoms with van der Waals surface area (Å²) in [5.41, 5.74) is 0.0324. The Kier molecular flexibility index (Phi) is 4.82. The molecular formula is C15H16F3NO4. The number of carboxylic acids is 1. The normalized spacial score (nSPS) is 21.8. The summed E-state index contributed by atoms with van der Waals surface area (Å²) in [5.74, 6) is -2.64. The molecule has 1 fully saturated rings. The van der Waals surface area contributed by atoms with Crippen molar-refractivity contribution < 1.29 is 32.6 Å². The van der Waals surface area contributed by atoms with E-state index in [9.17, 15) is 22.8 Å². The van der Waals surface area contributed by atoms with Gasteiger partial charge in [-0.25, -0.2) is 0 Å². The number of nitrogens with zero attached hydrogens (tertiary/aromatic N) is 1. The lowest BCUT2D eigenvalue weighted by Crippen LogP contribution is -2.45. The highest BCUT2D eigenvalue weighted by molar-refractivity contribution is 5.95. The molecule has 0 saturated carbocycles. The molecule has 0 aromatic heterocycles. The average Bonchev–Trinajstić information content (AvgIpc) is 2.44. The van der Waals surface area contributed by atoms with Gasteiger partial charge in [0.05, 0.1) is 5.92 Å². The lowest BCUT2D eigenvalue weighted by atomic mass is 9.90. The van der Waals surface area contributed by atoms with E-state index < -0.39 is 29.9 Å². The molecule has 1 aromatic rings. The van der Waals surface area contributed by atoms with Gasteiger partial charge < -0.3 is 14.7 Å². The summed E-state index contributed by atoms with van der Waals surface area (Å²) in [4.78, 5) is 24.9. The minimum atomic E-state index is -4.84. The van der Waals surface area contributed by atoms with Gasteiger partial charge >= 0.3 is 12.3 Å². The third-order valence-corrected chi connectivity index (χ3v) is 3.61. The molecule has 23 heavy (non-hydrogen) atoms. The van der Waals surface area contributed by atoms with Crippen LogP contribution >= 0.6 is 0 Å². The molecule has 1 aliphatic rings. The van der Waals surface area contributed by atoms with Crippen LogP contribution in [-0.2, 0) is 4.79 Å². The first kappa shape index (κ1) is 17.1. The van der Waals surface area contributed by atoms with Crippen molar-refractivity contribution in [2.24, 2.45) is 11.8 Å². The van der Waals surface area contributed by atoms with Crippen LogP contribution in [0.2, 0.25) is 0 Å². The number of hydrogen-bond donors (Lipinski definition) is 1. The number of rotatable bonds is 3. The molecule has 126 valence electrons. The van der Waals surface area contributed by atoms with Gasteiger partial charge in [0.1, 0.15) is 5.75 Å². The minimum Gasteiger partial charge on any atom is -0.481 e. The number of carboxylic acid groups (broad SMARTS) is 1. The third kappa shape index (κ3) is 4.61. The van der Waals surface area contributed by atoms with Crippen molar-refractivity contribution in [1.29, 1.82) is 0 Å². The monoisotopic (exact) mass is 331 g/mol. The Balaban J connectivity index is 2.16. The molecule has 1 aliphatic heterocycles. The maximum absolute atomic E-state index is 12.4. The summed E-state index contributed by atoms with van der Waals surface area (Å²) in [5, 5.41) is 9.11. The summed E-state index contributed by atoms with van der Waals surface area (Å²) in [6, 6.07) is 4.77. The number of carbonyl (C=O) groups is 2. The molecule has 1 N–H and O–H groups in total. The topological polar surface area (TPSA) is 66.8 Å². The molecule has 1 saturated heterocycles. The second-order valence-corrected chi connectivity index (χ2v) is 5.66. The summed E-state index contributed by atoms with van der Waals surface area (Å²) in [6.07, 6.45) is -4.37. The van der Waals surface area contributed by atoms with E-state index in [1.807, 2.05) is 6.92 Å². The van der Waals surface area contributed by atoms with E-state index in [-0.39, 0.29) is 18.0 Å². The Bertz CT molecular complexity index is 603. The SMILES string of the molecule is CC1CC(C(=O)O)CN(C(=O)c2cccc(OC(F)(F)F)c2)C1. The van der Waals surface area contributed by atoms with Crippen LogP contribution in [0.3, 0.4) is 0 Å². The van der Waals surface area contributed by atoms with Crippen LogP contribution < -0.4 is 4.74 Å². The van der Waals surface area contributed by atoms with Crippen LogP contribution in [-0.4, -0.2) is 41.3 Å². The van der Waals surface area contributed by atoms with Gasteiger partial charge in [-0.05, 0) is 30.5 Å². The number of alkyl halides is 3. The van der Waals surface area contributed by atoms with Gasteiger partial charge in [-0.2, -0.15) is 0 Å². The minimum absolute atomic E-state index is 0.00316. The van der Waals surface area contributed by atoms with E-state index in [0.717, 1.165) is 12.1 Å².